The minimum absolute atomic E-state index is 0.118. The summed E-state index contributed by atoms with van der Waals surface area (Å²) in [6.45, 7) is 4.54. The van der Waals surface area contributed by atoms with E-state index in [9.17, 15) is 4.79 Å². The number of aromatic nitrogens is 2. The largest absolute Gasteiger partial charge is 0.350 e. The average molecular weight is 272 g/mol. The molecule has 0 spiro atoms. The molecule has 1 saturated heterocycles. The third kappa shape index (κ3) is 2.99. The Morgan fingerprint density at radius 1 is 1.50 bits per heavy atom. The summed E-state index contributed by atoms with van der Waals surface area (Å²) in [6.07, 6.45) is 5.72. The Bertz CT molecular complexity index is 613. The van der Waals surface area contributed by atoms with E-state index in [2.05, 4.69) is 22.5 Å². The van der Waals surface area contributed by atoms with Crippen molar-refractivity contribution in [1.29, 1.82) is 0 Å². The molecule has 2 aromatic rings. The van der Waals surface area contributed by atoms with Crippen LogP contribution in [-0.4, -0.2) is 28.4 Å². The molecule has 1 fully saturated rings. The highest BCUT2D eigenvalue weighted by atomic mass is 16.1. The minimum atomic E-state index is 0.118. The molecule has 0 aromatic carbocycles. The third-order valence-corrected chi connectivity index (χ3v) is 3.75. The maximum atomic E-state index is 11.9. The maximum Gasteiger partial charge on any atom is 0.220 e. The smallest absolute Gasteiger partial charge is 0.220 e. The molecule has 2 N–H and O–H groups in total. The molecule has 3 rings (SSSR count). The van der Waals surface area contributed by atoms with Crippen LogP contribution in [0.2, 0.25) is 0 Å². The zero-order valence-electron chi connectivity index (χ0n) is 11.7. The van der Waals surface area contributed by atoms with Gasteiger partial charge in [-0.15, -0.1) is 0 Å². The highest BCUT2D eigenvalue weighted by molar-refractivity contribution is 5.76. The van der Waals surface area contributed by atoms with Gasteiger partial charge in [0.2, 0.25) is 5.91 Å². The Morgan fingerprint density at radius 2 is 2.40 bits per heavy atom. The van der Waals surface area contributed by atoms with Gasteiger partial charge in [-0.1, -0.05) is 6.07 Å². The number of rotatable bonds is 4. The van der Waals surface area contributed by atoms with Gasteiger partial charge in [0.05, 0.1) is 12.2 Å². The summed E-state index contributed by atoms with van der Waals surface area (Å²) in [5.74, 6) is 0.602. The molecular formula is C15H20N4O. The SMILES string of the molecule is Cc1ccc2nc(CNC(=O)C[C@@H]3CCNC3)cn2c1. The van der Waals surface area contributed by atoms with Gasteiger partial charge in [0.1, 0.15) is 5.65 Å². The van der Waals surface area contributed by atoms with Crippen LogP contribution in [0, 0.1) is 12.8 Å². The van der Waals surface area contributed by atoms with Crippen LogP contribution in [0.25, 0.3) is 5.65 Å². The zero-order valence-corrected chi connectivity index (χ0v) is 11.7. The van der Waals surface area contributed by atoms with Crippen molar-refractivity contribution in [2.45, 2.75) is 26.3 Å². The summed E-state index contributed by atoms with van der Waals surface area (Å²) < 4.78 is 2.00. The molecule has 1 aliphatic rings. The fourth-order valence-corrected chi connectivity index (χ4v) is 2.65. The first-order valence-corrected chi connectivity index (χ1v) is 7.12. The molecule has 1 aliphatic heterocycles. The van der Waals surface area contributed by atoms with E-state index >= 15 is 0 Å². The van der Waals surface area contributed by atoms with Gasteiger partial charge in [-0.2, -0.15) is 0 Å². The zero-order chi connectivity index (χ0) is 13.9. The van der Waals surface area contributed by atoms with Gasteiger partial charge in [-0.3, -0.25) is 4.79 Å². The lowest BCUT2D eigenvalue weighted by atomic mass is 10.0. The van der Waals surface area contributed by atoms with Gasteiger partial charge in [0.25, 0.3) is 0 Å². The predicted octanol–water partition coefficient (Wildman–Crippen LogP) is 1.26. The molecular weight excluding hydrogens is 252 g/mol. The van der Waals surface area contributed by atoms with Crippen LogP contribution in [0.3, 0.4) is 0 Å². The second kappa shape index (κ2) is 5.63. The van der Waals surface area contributed by atoms with Crippen molar-refractivity contribution in [1.82, 2.24) is 20.0 Å². The van der Waals surface area contributed by atoms with Crippen molar-refractivity contribution in [3.8, 4) is 0 Å². The second-order valence-electron chi connectivity index (χ2n) is 5.54. The summed E-state index contributed by atoms with van der Waals surface area (Å²) in [4.78, 5) is 16.4. The Labute approximate surface area is 118 Å². The van der Waals surface area contributed by atoms with Gasteiger partial charge in [-0.05, 0) is 44.0 Å². The van der Waals surface area contributed by atoms with E-state index in [-0.39, 0.29) is 5.91 Å². The van der Waals surface area contributed by atoms with Crippen LogP contribution in [0.15, 0.2) is 24.5 Å². The second-order valence-corrected chi connectivity index (χ2v) is 5.54. The molecule has 5 nitrogen and oxygen atoms in total. The summed E-state index contributed by atoms with van der Waals surface area (Å²) in [6, 6.07) is 4.03. The first-order chi connectivity index (χ1) is 9.70. The fourth-order valence-electron chi connectivity index (χ4n) is 2.65. The number of aryl methyl sites for hydroxylation is 1. The highest BCUT2D eigenvalue weighted by Gasteiger charge is 2.17. The van der Waals surface area contributed by atoms with E-state index in [1.54, 1.807) is 0 Å². The van der Waals surface area contributed by atoms with Crippen LogP contribution < -0.4 is 10.6 Å². The maximum absolute atomic E-state index is 11.9. The van der Waals surface area contributed by atoms with E-state index < -0.39 is 0 Å². The number of nitrogens with zero attached hydrogens (tertiary/aromatic N) is 2. The number of amides is 1. The lowest BCUT2D eigenvalue weighted by molar-refractivity contribution is -0.122. The van der Waals surface area contributed by atoms with Crippen LogP contribution in [-0.2, 0) is 11.3 Å². The molecule has 0 saturated carbocycles. The van der Waals surface area contributed by atoms with E-state index in [1.165, 1.54) is 5.56 Å². The molecule has 5 heteroatoms. The first kappa shape index (κ1) is 13.1. The molecule has 2 aromatic heterocycles. The summed E-state index contributed by atoms with van der Waals surface area (Å²) in [5.41, 5.74) is 3.01. The molecule has 1 atom stereocenters. The van der Waals surface area contributed by atoms with Gasteiger partial charge >= 0.3 is 0 Å². The van der Waals surface area contributed by atoms with Gasteiger partial charge in [0.15, 0.2) is 0 Å². The number of nitrogens with one attached hydrogen (secondary N) is 2. The molecule has 0 radical (unpaired) electrons. The number of fused-ring (bicyclic) bond motifs is 1. The van der Waals surface area contributed by atoms with Gasteiger partial charge in [0, 0.05) is 18.8 Å². The Kier molecular flexibility index (Phi) is 3.69. The topological polar surface area (TPSA) is 58.4 Å². The number of pyridine rings is 1. The number of hydrogen-bond donors (Lipinski definition) is 2. The van der Waals surface area contributed by atoms with E-state index in [0.29, 0.717) is 18.9 Å². The van der Waals surface area contributed by atoms with Crippen molar-refractivity contribution in [3.05, 3.63) is 35.8 Å². The minimum Gasteiger partial charge on any atom is -0.350 e. The number of imidazole rings is 1. The molecule has 0 unspecified atom stereocenters. The van der Waals surface area contributed by atoms with Crippen molar-refractivity contribution >= 4 is 11.6 Å². The first-order valence-electron chi connectivity index (χ1n) is 7.12. The van der Waals surface area contributed by atoms with Crippen molar-refractivity contribution in [2.75, 3.05) is 13.1 Å². The Hall–Kier alpha value is -1.88. The third-order valence-electron chi connectivity index (χ3n) is 3.75. The fraction of sp³-hybridized carbons (Fsp3) is 0.467. The highest BCUT2D eigenvalue weighted by Crippen LogP contribution is 2.12. The number of hydrogen-bond acceptors (Lipinski definition) is 3. The van der Waals surface area contributed by atoms with E-state index in [0.717, 1.165) is 30.9 Å². The number of carbonyl (C=O) groups is 1. The van der Waals surface area contributed by atoms with Crippen LogP contribution in [0.4, 0.5) is 0 Å². The molecule has 3 heterocycles. The van der Waals surface area contributed by atoms with E-state index in [1.807, 2.05) is 28.9 Å². The predicted molar refractivity (Wildman–Crippen MR) is 77.4 cm³/mol. The Balaban J connectivity index is 1.57. The van der Waals surface area contributed by atoms with E-state index in [4.69, 9.17) is 0 Å². The Morgan fingerprint density at radius 3 is 3.20 bits per heavy atom. The van der Waals surface area contributed by atoms with Gasteiger partial charge < -0.3 is 15.0 Å². The van der Waals surface area contributed by atoms with Crippen molar-refractivity contribution < 1.29 is 4.79 Å². The molecule has 0 aliphatic carbocycles. The van der Waals surface area contributed by atoms with Gasteiger partial charge in [-0.25, -0.2) is 4.98 Å². The molecule has 0 bridgehead atoms. The van der Waals surface area contributed by atoms with Crippen molar-refractivity contribution in [3.63, 3.8) is 0 Å². The van der Waals surface area contributed by atoms with Crippen LogP contribution in [0.1, 0.15) is 24.1 Å². The summed E-state index contributed by atoms with van der Waals surface area (Å²) >= 11 is 0. The normalized spacial score (nSPS) is 18.6. The molecule has 106 valence electrons. The van der Waals surface area contributed by atoms with Crippen LogP contribution >= 0.6 is 0 Å². The molecule has 20 heavy (non-hydrogen) atoms. The monoisotopic (exact) mass is 272 g/mol. The summed E-state index contributed by atoms with van der Waals surface area (Å²) in [5, 5.41) is 6.24. The van der Waals surface area contributed by atoms with Crippen LogP contribution in [0.5, 0.6) is 0 Å². The lowest BCUT2D eigenvalue weighted by Crippen LogP contribution is -2.26. The lowest BCUT2D eigenvalue weighted by Gasteiger charge is -2.07. The average Bonchev–Trinajstić information content (AvgIpc) is 3.04. The molecule has 1 amide bonds. The van der Waals surface area contributed by atoms with Crippen molar-refractivity contribution in [2.24, 2.45) is 5.92 Å². The quantitative estimate of drug-likeness (QED) is 0.881. The standard InChI is InChI=1S/C15H20N4O/c1-11-2-3-14-18-13(10-19(14)9-11)8-17-15(20)6-12-4-5-16-7-12/h2-3,9-10,12,16H,4-8H2,1H3,(H,17,20)/t12-/m0/s1. The summed E-state index contributed by atoms with van der Waals surface area (Å²) in [7, 11) is 0. The number of carbonyl (C=O) groups excluding carboxylic acids is 1.